The molecule has 4 aromatic rings. The van der Waals surface area contributed by atoms with Gasteiger partial charge in [0.1, 0.15) is 11.8 Å². The number of methoxy groups -OCH3 is 1. The number of carbonyl (C=O) groups excluding carboxylic acids is 2. The molecule has 47 heavy (non-hydrogen) atoms. The number of sulfonamides is 1. The van der Waals surface area contributed by atoms with E-state index < -0.39 is 28.1 Å². The third-order valence-corrected chi connectivity index (χ3v) is 9.38. The van der Waals surface area contributed by atoms with Crippen molar-refractivity contribution < 1.29 is 32.6 Å². The summed E-state index contributed by atoms with van der Waals surface area (Å²) >= 11 is 0. The molecule has 0 bridgehead atoms. The van der Waals surface area contributed by atoms with Crippen LogP contribution in [0.4, 0.5) is 16.2 Å². The van der Waals surface area contributed by atoms with Gasteiger partial charge in [-0.2, -0.15) is 9.82 Å². The molecule has 1 fully saturated rings. The molecular weight excluding hydrogens is 624 g/mol. The first-order valence-electron chi connectivity index (χ1n) is 15.0. The van der Waals surface area contributed by atoms with Crippen molar-refractivity contribution in [2.75, 3.05) is 24.3 Å². The lowest BCUT2D eigenvalue weighted by molar-refractivity contribution is -0.139. The summed E-state index contributed by atoms with van der Waals surface area (Å²) in [6.07, 6.45) is 4.79. The number of rotatable bonds is 12. The van der Waals surface area contributed by atoms with E-state index in [1.54, 1.807) is 59.8 Å². The van der Waals surface area contributed by atoms with Gasteiger partial charge in [0, 0.05) is 24.0 Å². The zero-order valence-electron chi connectivity index (χ0n) is 25.9. The number of anilines is 2. The van der Waals surface area contributed by atoms with Gasteiger partial charge in [-0.3, -0.25) is 14.3 Å². The van der Waals surface area contributed by atoms with Gasteiger partial charge in [-0.05, 0) is 61.2 Å². The van der Waals surface area contributed by atoms with E-state index in [0.717, 1.165) is 17.5 Å². The van der Waals surface area contributed by atoms with Gasteiger partial charge in [0.15, 0.2) is 0 Å². The van der Waals surface area contributed by atoms with E-state index in [9.17, 15) is 27.9 Å². The zero-order valence-corrected chi connectivity index (χ0v) is 26.7. The number of aryl methyl sites for hydroxylation is 1. The van der Waals surface area contributed by atoms with Crippen LogP contribution in [0.3, 0.4) is 0 Å². The van der Waals surface area contributed by atoms with Crippen molar-refractivity contribution in [1.29, 1.82) is 0 Å². The number of para-hydroxylation sites is 1. The normalized spacial score (nSPS) is 15.2. The molecule has 1 aromatic heterocycles. The van der Waals surface area contributed by atoms with Crippen molar-refractivity contribution in [2.24, 2.45) is 0 Å². The monoisotopic (exact) mass is 660 g/mol. The molecule has 0 spiro atoms. The van der Waals surface area contributed by atoms with Crippen LogP contribution in [0.25, 0.3) is 0 Å². The van der Waals surface area contributed by atoms with Crippen molar-refractivity contribution in [2.45, 2.75) is 49.7 Å². The highest BCUT2D eigenvalue weighted by Crippen LogP contribution is 2.33. The van der Waals surface area contributed by atoms with Crippen molar-refractivity contribution in [3.05, 3.63) is 102 Å². The number of carboxylic acid groups (broad SMARTS) is 1. The number of urea groups is 1. The minimum Gasteiger partial charge on any atom is -0.495 e. The predicted molar refractivity (Wildman–Crippen MR) is 175 cm³/mol. The number of ether oxygens (including phenoxy) is 1. The molecule has 1 aliphatic heterocycles. The van der Waals surface area contributed by atoms with Crippen LogP contribution in [-0.4, -0.2) is 65.8 Å². The molecular formula is C33H36N6O7S. The Labute approximate surface area is 272 Å². The molecule has 13 nitrogen and oxygen atoms in total. The summed E-state index contributed by atoms with van der Waals surface area (Å²) in [5.74, 6) is -1.05. The first-order valence-corrected chi connectivity index (χ1v) is 16.4. The van der Waals surface area contributed by atoms with Crippen LogP contribution in [0.2, 0.25) is 0 Å². The van der Waals surface area contributed by atoms with Gasteiger partial charge in [-0.1, -0.05) is 42.5 Å². The summed E-state index contributed by atoms with van der Waals surface area (Å²) in [6.45, 7) is 2.19. The van der Waals surface area contributed by atoms with Crippen LogP contribution >= 0.6 is 0 Å². The number of likely N-dealkylation sites (tertiary alicyclic amines) is 1. The van der Waals surface area contributed by atoms with Gasteiger partial charge < -0.3 is 25.4 Å². The van der Waals surface area contributed by atoms with E-state index in [0.29, 0.717) is 35.7 Å². The highest BCUT2D eigenvalue weighted by molar-refractivity contribution is 7.89. The number of aromatic nitrogens is 2. The fraction of sp³-hybridized carbons (Fsp3) is 0.273. The molecule has 14 heteroatoms. The summed E-state index contributed by atoms with van der Waals surface area (Å²) in [6, 6.07) is 18.0. The van der Waals surface area contributed by atoms with Crippen molar-refractivity contribution in [3.8, 4) is 5.75 Å². The van der Waals surface area contributed by atoms with E-state index in [-0.39, 0.29) is 29.8 Å². The molecule has 3 amide bonds. The summed E-state index contributed by atoms with van der Waals surface area (Å²) in [7, 11) is -2.58. The number of benzene rings is 3. The van der Waals surface area contributed by atoms with Crippen LogP contribution in [0.15, 0.2) is 90.1 Å². The van der Waals surface area contributed by atoms with E-state index in [4.69, 9.17) is 4.74 Å². The van der Waals surface area contributed by atoms with Crippen LogP contribution in [-0.2, 0) is 32.6 Å². The molecule has 3 aromatic carbocycles. The third kappa shape index (κ3) is 8.15. The number of hydrogen-bond donors (Lipinski definition) is 4. The fourth-order valence-corrected chi connectivity index (χ4v) is 6.69. The van der Waals surface area contributed by atoms with Gasteiger partial charge in [-0.15, -0.1) is 0 Å². The van der Waals surface area contributed by atoms with Gasteiger partial charge in [0.2, 0.25) is 15.9 Å². The molecule has 4 N–H and O–H groups in total. The molecule has 0 aliphatic carbocycles. The van der Waals surface area contributed by atoms with Gasteiger partial charge in [0.25, 0.3) is 0 Å². The average molecular weight is 661 g/mol. The average Bonchev–Trinajstić information content (AvgIpc) is 3.73. The molecule has 0 radical (unpaired) electrons. The van der Waals surface area contributed by atoms with Gasteiger partial charge in [-0.25, -0.2) is 13.2 Å². The minimum absolute atomic E-state index is 0.0420. The van der Waals surface area contributed by atoms with E-state index in [1.165, 1.54) is 23.9 Å². The largest absolute Gasteiger partial charge is 0.495 e. The Morgan fingerprint density at radius 3 is 2.47 bits per heavy atom. The van der Waals surface area contributed by atoms with Crippen molar-refractivity contribution in [3.63, 3.8) is 0 Å². The Balaban J connectivity index is 1.22. The quantitative estimate of drug-likeness (QED) is 0.175. The van der Waals surface area contributed by atoms with E-state index in [2.05, 4.69) is 20.5 Å². The Hall–Kier alpha value is -5.21. The smallest absolute Gasteiger partial charge is 0.323 e. The summed E-state index contributed by atoms with van der Waals surface area (Å²) in [4.78, 5) is 39.8. The van der Waals surface area contributed by atoms with Crippen molar-refractivity contribution >= 4 is 39.3 Å². The molecule has 1 saturated heterocycles. The second kappa shape index (κ2) is 14.5. The topological polar surface area (TPSA) is 172 Å². The van der Waals surface area contributed by atoms with Crippen molar-refractivity contribution in [1.82, 2.24) is 19.4 Å². The number of carboxylic acids is 1. The number of carbonyl (C=O) groups is 3. The van der Waals surface area contributed by atoms with E-state index >= 15 is 0 Å². The first-order chi connectivity index (χ1) is 22.5. The van der Waals surface area contributed by atoms with Crippen LogP contribution < -0.4 is 20.1 Å². The highest BCUT2D eigenvalue weighted by Gasteiger charge is 2.32. The maximum Gasteiger partial charge on any atom is 0.323 e. The summed E-state index contributed by atoms with van der Waals surface area (Å²) in [5, 5.41) is 19.6. The number of nitrogens with zero attached hydrogens (tertiary/aromatic N) is 3. The van der Waals surface area contributed by atoms with Gasteiger partial charge >= 0.3 is 12.0 Å². The minimum atomic E-state index is -4.07. The summed E-state index contributed by atoms with van der Waals surface area (Å²) in [5.41, 5.74) is 3.49. The number of nitrogens with one attached hydrogen (secondary N) is 3. The molecule has 5 rings (SSSR count). The highest BCUT2D eigenvalue weighted by atomic mass is 32.2. The molecule has 2 atom stereocenters. The Morgan fingerprint density at radius 2 is 1.74 bits per heavy atom. The lowest BCUT2D eigenvalue weighted by Gasteiger charge is -2.24. The number of hydrogen-bond acceptors (Lipinski definition) is 7. The maximum absolute atomic E-state index is 13.5. The third-order valence-electron chi connectivity index (χ3n) is 7.89. The number of amides is 3. The van der Waals surface area contributed by atoms with E-state index in [1.807, 2.05) is 25.1 Å². The maximum atomic E-state index is 13.5. The predicted octanol–water partition coefficient (Wildman–Crippen LogP) is 4.18. The lowest BCUT2D eigenvalue weighted by atomic mass is 10.1. The Kier molecular flexibility index (Phi) is 10.2. The molecule has 246 valence electrons. The van der Waals surface area contributed by atoms with Gasteiger partial charge in [0.05, 0.1) is 42.9 Å². The number of aliphatic carboxylic acids is 1. The van der Waals surface area contributed by atoms with Crippen LogP contribution in [0.1, 0.15) is 35.6 Å². The Morgan fingerprint density at radius 1 is 1.02 bits per heavy atom. The molecule has 1 aliphatic rings. The van der Waals surface area contributed by atoms with Crippen LogP contribution in [0.5, 0.6) is 5.75 Å². The lowest BCUT2D eigenvalue weighted by Crippen LogP contribution is -2.43. The Bertz CT molecular complexity index is 1860. The molecule has 2 heterocycles. The van der Waals surface area contributed by atoms with Crippen LogP contribution in [0, 0.1) is 6.92 Å². The molecule has 0 saturated carbocycles. The zero-order chi connectivity index (χ0) is 33.6. The second-order valence-electron chi connectivity index (χ2n) is 11.2. The standard InChI is InChI=1S/C33H36N6O7S/c1-22-9-6-7-12-26(22)35-33(43)36-27-15-14-23(17-30(27)46-2)18-31(40)39-16-8-13-29(39)24-19-34-38(20-24)21-28(32(41)42)37-47(44,45)25-10-4-3-5-11-25/h3-7,9-12,14-15,17,19-20,28-29,37H,8,13,16,18,21H2,1-2H3,(H,41,42)(H2,35,36,43). The molecule has 2 unspecified atom stereocenters. The second-order valence-corrected chi connectivity index (χ2v) is 12.9. The first kappa shape index (κ1) is 33.2. The summed E-state index contributed by atoms with van der Waals surface area (Å²) < 4.78 is 34.6. The SMILES string of the molecule is COc1cc(CC(=O)N2CCCC2c2cnn(CC(NS(=O)(=O)c3ccccc3)C(=O)O)c2)ccc1NC(=O)Nc1ccccc1C. The fourth-order valence-electron chi connectivity index (χ4n) is 5.49.